The minimum absolute atomic E-state index is 0.0192. The predicted octanol–water partition coefficient (Wildman–Crippen LogP) is 2.17. The molecule has 1 amide bonds. The van der Waals surface area contributed by atoms with Gasteiger partial charge in [-0.3, -0.25) is 4.79 Å². The molecule has 2 aromatic carbocycles. The van der Waals surface area contributed by atoms with E-state index in [0.717, 1.165) is 18.2 Å². The van der Waals surface area contributed by atoms with E-state index in [0.29, 0.717) is 13.1 Å². The van der Waals surface area contributed by atoms with Gasteiger partial charge >= 0.3 is 10.1 Å². The van der Waals surface area contributed by atoms with Gasteiger partial charge in [0.1, 0.15) is 18.5 Å². The molecule has 1 aliphatic heterocycles. The summed E-state index contributed by atoms with van der Waals surface area (Å²) in [5.74, 6) is 0.235. The first-order valence-corrected chi connectivity index (χ1v) is 10.1. The lowest BCUT2D eigenvalue weighted by Gasteiger charge is -2.33. The molecular weight excluding hydrogens is 354 g/mol. The van der Waals surface area contributed by atoms with E-state index in [1.165, 1.54) is 5.56 Å². The van der Waals surface area contributed by atoms with Crippen LogP contribution in [0, 0.1) is 0 Å². The minimum atomic E-state index is -3.55. The Hall–Kier alpha value is -2.38. The van der Waals surface area contributed by atoms with Crippen molar-refractivity contribution in [1.82, 2.24) is 4.90 Å². The van der Waals surface area contributed by atoms with Crippen molar-refractivity contribution in [1.29, 1.82) is 0 Å². The highest BCUT2D eigenvalue weighted by Crippen LogP contribution is 2.25. The molecule has 1 aliphatic rings. The van der Waals surface area contributed by atoms with Gasteiger partial charge in [0.2, 0.25) is 5.91 Å². The van der Waals surface area contributed by atoms with Crippen LogP contribution in [-0.4, -0.2) is 45.2 Å². The molecule has 0 aromatic heterocycles. The lowest BCUT2D eigenvalue weighted by molar-refractivity contribution is -0.149. The molecular formula is C19H21NO5S. The molecule has 3 rings (SSSR count). The Morgan fingerprint density at radius 2 is 1.81 bits per heavy atom. The number of benzene rings is 2. The van der Waals surface area contributed by atoms with Crippen molar-refractivity contribution >= 4 is 16.0 Å². The van der Waals surface area contributed by atoms with E-state index in [1.807, 2.05) is 35.2 Å². The number of carbonyl (C=O) groups excluding carboxylic acids is 1. The van der Waals surface area contributed by atoms with Crippen LogP contribution >= 0.6 is 0 Å². The van der Waals surface area contributed by atoms with Gasteiger partial charge < -0.3 is 13.8 Å². The molecule has 1 fully saturated rings. The maximum atomic E-state index is 12.1. The van der Waals surface area contributed by atoms with Crippen LogP contribution in [0.5, 0.6) is 5.75 Å². The van der Waals surface area contributed by atoms with Gasteiger partial charge in [-0.05, 0) is 29.7 Å². The highest BCUT2D eigenvalue weighted by Gasteiger charge is 2.27. The summed E-state index contributed by atoms with van der Waals surface area (Å²) in [6, 6.07) is 16.7. The van der Waals surface area contributed by atoms with Crippen LogP contribution in [0.1, 0.15) is 17.2 Å². The number of hydrogen-bond donors (Lipinski definition) is 0. The van der Waals surface area contributed by atoms with Crippen LogP contribution in [0.2, 0.25) is 0 Å². The number of rotatable bonds is 6. The Bertz CT molecular complexity index is 849. The van der Waals surface area contributed by atoms with Gasteiger partial charge in [0.25, 0.3) is 0 Å². The van der Waals surface area contributed by atoms with E-state index >= 15 is 0 Å². The lowest BCUT2D eigenvalue weighted by atomic mass is 10.1. The molecule has 0 radical (unpaired) electrons. The molecule has 0 aliphatic carbocycles. The van der Waals surface area contributed by atoms with Crippen molar-refractivity contribution in [2.24, 2.45) is 0 Å². The number of nitrogens with zero attached hydrogens (tertiary/aromatic N) is 1. The van der Waals surface area contributed by atoms with E-state index in [-0.39, 0.29) is 24.4 Å². The fourth-order valence-electron chi connectivity index (χ4n) is 2.86. The number of amides is 1. The minimum Gasteiger partial charge on any atom is -0.383 e. The van der Waals surface area contributed by atoms with E-state index in [2.05, 4.69) is 0 Å². The highest BCUT2D eigenvalue weighted by molar-refractivity contribution is 7.86. The van der Waals surface area contributed by atoms with Crippen molar-refractivity contribution in [2.45, 2.75) is 12.5 Å². The van der Waals surface area contributed by atoms with Crippen LogP contribution in [0.15, 0.2) is 54.6 Å². The maximum absolute atomic E-state index is 12.1. The smallest absolute Gasteiger partial charge is 0.306 e. The number of hydrogen-bond acceptors (Lipinski definition) is 5. The summed E-state index contributed by atoms with van der Waals surface area (Å²) in [7, 11) is -3.55. The molecule has 6 nitrogen and oxygen atoms in total. The summed E-state index contributed by atoms with van der Waals surface area (Å²) in [5, 5.41) is 0. The molecule has 0 saturated carbocycles. The standard InChI is InChI=1S/C19H21NO5S/c1-26(22,23)25-17-9-7-16(8-10-17)18-13-20(19(21)14-24-18)12-11-15-5-3-2-4-6-15/h2-10,18H,11-14H2,1H3. The third kappa shape index (κ3) is 5.06. The molecule has 0 spiro atoms. The third-order valence-corrected chi connectivity index (χ3v) is 4.65. The molecule has 138 valence electrons. The van der Waals surface area contributed by atoms with Crippen LogP contribution in [0.3, 0.4) is 0 Å². The van der Waals surface area contributed by atoms with Crippen LogP contribution in [0.25, 0.3) is 0 Å². The van der Waals surface area contributed by atoms with E-state index < -0.39 is 10.1 Å². The fraction of sp³-hybridized carbons (Fsp3) is 0.316. The number of morpholine rings is 1. The normalized spacial score (nSPS) is 18.0. The van der Waals surface area contributed by atoms with E-state index in [4.69, 9.17) is 8.92 Å². The third-order valence-electron chi connectivity index (χ3n) is 4.16. The monoisotopic (exact) mass is 375 g/mol. The summed E-state index contributed by atoms with van der Waals surface area (Å²) in [6.07, 6.45) is 1.55. The number of ether oxygens (including phenoxy) is 1. The second-order valence-corrected chi connectivity index (χ2v) is 7.81. The second kappa shape index (κ2) is 7.88. The summed E-state index contributed by atoms with van der Waals surface area (Å²) in [5.41, 5.74) is 2.06. The Morgan fingerprint density at radius 3 is 2.46 bits per heavy atom. The first kappa shape index (κ1) is 18.4. The topological polar surface area (TPSA) is 72.9 Å². The van der Waals surface area contributed by atoms with Crippen molar-refractivity contribution in [3.05, 3.63) is 65.7 Å². The van der Waals surface area contributed by atoms with Gasteiger partial charge in [0.05, 0.1) is 12.8 Å². The molecule has 2 aromatic rings. The van der Waals surface area contributed by atoms with Gasteiger partial charge in [-0.15, -0.1) is 0 Å². The first-order chi connectivity index (χ1) is 12.4. The zero-order valence-corrected chi connectivity index (χ0v) is 15.3. The van der Waals surface area contributed by atoms with Gasteiger partial charge in [0, 0.05) is 6.54 Å². The quantitative estimate of drug-likeness (QED) is 0.724. The van der Waals surface area contributed by atoms with Crippen LogP contribution < -0.4 is 4.18 Å². The Morgan fingerprint density at radius 1 is 1.12 bits per heavy atom. The summed E-state index contributed by atoms with van der Waals surface area (Å²) in [6.45, 7) is 1.15. The maximum Gasteiger partial charge on any atom is 0.306 e. The van der Waals surface area contributed by atoms with E-state index in [1.54, 1.807) is 24.3 Å². The zero-order valence-electron chi connectivity index (χ0n) is 14.5. The van der Waals surface area contributed by atoms with Crippen LogP contribution in [-0.2, 0) is 26.1 Å². The molecule has 0 N–H and O–H groups in total. The van der Waals surface area contributed by atoms with Crippen molar-refractivity contribution in [2.75, 3.05) is 26.0 Å². The molecule has 1 heterocycles. The molecule has 1 saturated heterocycles. The Kier molecular flexibility index (Phi) is 5.58. The average molecular weight is 375 g/mol. The predicted molar refractivity (Wildman–Crippen MR) is 97.3 cm³/mol. The van der Waals surface area contributed by atoms with Crippen molar-refractivity contribution in [3.63, 3.8) is 0 Å². The molecule has 7 heteroatoms. The van der Waals surface area contributed by atoms with Crippen LogP contribution in [0.4, 0.5) is 0 Å². The highest BCUT2D eigenvalue weighted by atomic mass is 32.2. The molecule has 0 bridgehead atoms. The molecule has 1 atom stereocenters. The fourth-order valence-corrected chi connectivity index (χ4v) is 3.32. The van der Waals surface area contributed by atoms with Gasteiger partial charge in [-0.1, -0.05) is 42.5 Å². The largest absolute Gasteiger partial charge is 0.383 e. The Balaban J connectivity index is 1.63. The lowest BCUT2D eigenvalue weighted by Crippen LogP contribution is -2.44. The SMILES string of the molecule is CS(=O)(=O)Oc1ccc(C2CN(CCc3ccccc3)C(=O)CO2)cc1. The molecule has 1 unspecified atom stereocenters. The van der Waals surface area contributed by atoms with Crippen molar-refractivity contribution < 1.29 is 22.1 Å². The summed E-state index contributed by atoms with van der Waals surface area (Å²) >= 11 is 0. The first-order valence-electron chi connectivity index (χ1n) is 8.33. The van der Waals surface area contributed by atoms with Gasteiger partial charge in [-0.2, -0.15) is 8.42 Å². The van der Waals surface area contributed by atoms with E-state index in [9.17, 15) is 13.2 Å². The summed E-state index contributed by atoms with van der Waals surface area (Å²) in [4.78, 5) is 13.9. The second-order valence-electron chi connectivity index (χ2n) is 6.23. The Labute approximate surface area is 153 Å². The number of carbonyl (C=O) groups is 1. The average Bonchev–Trinajstić information content (AvgIpc) is 2.61. The molecule has 26 heavy (non-hydrogen) atoms. The zero-order chi connectivity index (χ0) is 18.6. The van der Waals surface area contributed by atoms with Crippen molar-refractivity contribution in [3.8, 4) is 5.75 Å². The summed E-state index contributed by atoms with van der Waals surface area (Å²) < 4.78 is 32.8. The van der Waals surface area contributed by atoms with Gasteiger partial charge in [0.15, 0.2) is 0 Å². The van der Waals surface area contributed by atoms with Gasteiger partial charge in [-0.25, -0.2) is 0 Å².